The number of ketones is 1. The number of hydrogen-bond acceptors (Lipinski definition) is 1. The molecule has 1 saturated carbocycles. The van der Waals surface area contributed by atoms with Gasteiger partial charge in [0.05, 0.1) is 0 Å². The monoisotopic (exact) mass is 241 g/mol. The first-order chi connectivity index (χ1) is 8.65. The molecule has 1 aliphatic carbocycles. The van der Waals surface area contributed by atoms with Crippen molar-refractivity contribution in [3.63, 3.8) is 0 Å². The molecule has 2 nitrogen and oxygen atoms in total. The summed E-state index contributed by atoms with van der Waals surface area (Å²) in [5.41, 5.74) is 3.30. The van der Waals surface area contributed by atoms with Crippen LogP contribution in [0.1, 0.15) is 41.6 Å². The molecule has 0 spiro atoms. The molecule has 0 N–H and O–H groups in total. The minimum atomic E-state index is 0.314. The summed E-state index contributed by atoms with van der Waals surface area (Å²) in [4.78, 5) is 12.3. The van der Waals surface area contributed by atoms with Gasteiger partial charge in [-0.2, -0.15) is 0 Å². The van der Waals surface area contributed by atoms with E-state index in [1.807, 2.05) is 13.2 Å². The molecule has 0 unspecified atom stereocenters. The van der Waals surface area contributed by atoms with Crippen molar-refractivity contribution in [3.8, 4) is 0 Å². The van der Waals surface area contributed by atoms with Crippen molar-refractivity contribution in [3.05, 3.63) is 35.5 Å². The summed E-state index contributed by atoms with van der Waals surface area (Å²) in [6.45, 7) is 2.09. The Morgan fingerprint density at radius 2 is 2.17 bits per heavy atom. The number of fused-ring (bicyclic) bond motifs is 1. The van der Waals surface area contributed by atoms with Crippen LogP contribution in [0.15, 0.2) is 24.4 Å². The molecule has 18 heavy (non-hydrogen) atoms. The number of aryl methyl sites for hydroxylation is 2. The Morgan fingerprint density at radius 1 is 1.39 bits per heavy atom. The number of Topliss-reactive ketones (excluding diaryl/α,β-unsaturated/α-hetero) is 1. The average molecular weight is 241 g/mol. The summed E-state index contributed by atoms with van der Waals surface area (Å²) < 4.78 is 2.07. The van der Waals surface area contributed by atoms with Crippen molar-refractivity contribution < 1.29 is 4.79 Å². The fourth-order valence-corrected chi connectivity index (χ4v) is 2.79. The normalized spacial score (nSPS) is 15.9. The van der Waals surface area contributed by atoms with Gasteiger partial charge in [-0.25, -0.2) is 0 Å². The lowest BCUT2D eigenvalue weighted by atomic mass is 9.81. The van der Waals surface area contributed by atoms with Crippen molar-refractivity contribution in [1.29, 1.82) is 0 Å². The molecule has 94 valence electrons. The Morgan fingerprint density at radius 3 is 2.83 bits per heavy atom. The summed E-state index contributed by atoms with van der Waals surface area (Å²) in [5, 5.41) is 1.10. The van der Waals surface area contributed by atoms with Crippen LogP contribution in [0.3, 0.4) is 0 Å². The predicted molar refractivity (Wildman–Crippen MR) is 73.9 cm³/mol. The van der Waals surface area contributed by atoms with E-state index in [-0.39, 0.29) is 0 Å². The maximum atomic E-state index is 12.3. The molecular formula is C16H19NO. The Bertz CT molecular complexity index is 605. The van der Waals surface area contributed by atoms with E-state index in [0.29, 0.717) is 11.7 Å². The van der Waals surface area contributed by atoms with Gasteiger partial charge in [-0.15, -0.1) is 0 Å². The fraction of sp³-hybridized carbons (Fsp3) is 0.438. The molecule has 1 fully saturated rings. The molecule has 3 rings (SSSR count). The number of nitrogens with zero attached hydrogens (tertiary/aromatic N) is 1. The van der Waals surface area contributed by atoms with Crippen LogP contribution in [0.5, 0.6) is 0 Å². The highest BCUT2D eigenvalue weighted by atomic mass is 16.1. The largest absolute Gasteiger partial charge is 0.350 e. The van der Waals surface area contributed by atoms with E-state index in [4.69, 9.17) is 0 Å². The number of hydrogen-bond donors (Lipinski definition) is 0. The maximum Gasteiger partial charge on any atom is 0.165 e. The zero-order valence-corrected chi connectivity index (χ0v) is 11.1. The molecule has 1 aliphatic rings. The lowest BCUT2D eigenvalue weighted by Gasteiger charge is -2.24. The zero-order valence-electron chi connectivity index (χ0n) is 11.1. The van der Waals surface area contributed by atoms with Gasteiger partial charge in [-0.3, -0.25) is 4.79 Å². The Hall–Kier alpha value is -1.57. The van der Waals surface area contributed by atoms with E-state index in [9.17, 15) is 4.79 Å². The van der Waals surface area contributed by atoms with E-state index >= 15 is 0 Å². The van der Waals surface area contributed by atoms with E-state index in [0.717, 1.165) is 22.9 Å². The molecule has 0 amide bonds. The molecule has 0 aliphatic heterocycles. The van der Waals surface area contributed by atoms with Crippen LogP contribution in [0.4, 0.5) is 0 Å². The van der Waals surface area contributed by atoms with E-state index in [1.54, 1.807) is 0 Å². The lowest BCUT2D eigenvalue weighted by Crippen LogP contribution is -2.15. The summed E-state index contributed by atoms with van der Waals surface area (Å²) in [6, 6.07) is 6.32. The second-order valence-electron chi connectivity index (χ2n) is 5.60. The molecule has 1 aromatic heterocycles. The first-order valence-corrected chi connectivity index (χ1v) is 6.74. The minimum absolute atomic E-state index is 0.314. The molecule has 0 saturated heterocycles. The standard InChI is InChI=1S/C16H19NO/c1-11-6-7-13-14(10-17(2)15(13)8-11)16(18)9-12-4-3-5-12/h6-8,10,12H,3-5,9H2,1-2H3. The number of carbonyl (C=O) groups excluding carboxylic acids is 1. The predicted octanol–water partition coefficient (Wildman–Crippen LogP) is 3.86. The smallest absolute Gasteiger partial charge is 0.165 e. The molecule has 0 atom stereocenters. The summed E-state index contributed by atoms with van der Waals surface area (Å²) in [7, 11) is 2.02. The second-order valence-corrected chi connectivity index (χ2v) is 5.60. The van der Waals surface area contributed by atoms with Crippen LogP contribution in [-0.4, -0.2) is 10.4 Å². The molecule has 1 aromatic carbocycles. The van der Waals surface area contributed by atoms with Gasteiger partial charge in [0.15, 0.2) is 5.78 Å². The summed E-state index contributed by atoms with van der Waals surface area (Å²) in [6.07, 6.45) is 6.48. The number of rotatable bonds is 3. The van der Waals surface area contributed by atoms with E-state index in [1.165, 1.54) is 24.8 Å². The number of carbonyl (C=O) groups is 1. The highest BCUT2D eigenvalue weighted by Crippen LogP contribution is 2.32. The molecule has 2 heteroatoms. The topological polar surface area (TPSA) is 22.0 Å². The maximum absolute atomic E-state index is 12.3. The fourth-order valence-electron chi connectivity index (χ4n) is 2.79. The van der Waals surface area contributed by atoms with E-state index < -0.39 is 0 Å². The summed E-state index contributed by atoms with van der Waals surface area (Å²) >= 11 is 0. The second kappa shape index (κ2) is 4.27. The van der Waals surface area contributed by atoms with Gasteiger partial charge in [0.25, 0.3) is 0 Å². The Labute approximate surface area is 108 Å². The first kappa shape index (κ1) is 11.5. The molecule has 1 heterocycles. The van der Waals surface area contributed by atoms with Gasteiger partial charge in [0.1, 0.15) is 0 Å². The van der Waals surface area contributed by atoms with Gasteiger partial charge in [0, 0.05) is 36.1 Å². The number of benzene rings is 1. The highest BCUT2D eigenvalue weighted by molar-refractivity contribution is 6.08. The van der Waals surface area contributed by atoms with Crippen molar-refractivity contribution in [2.45, 2.75) is 32.6 Å². The lowest BCUT2D eigenvalue weighted by molar-refractivity contribution is 0.0938. The van der Waals surface area contributed by atoms with Crippen molar-refractivity contribution in [1.82, 2.24) is 4.57 Å². The molecular weight excluding hydrogens is 222 g/mol. The average Bonchev–Trinajstić information content (AvgIpc) is 2.61. The van der Waals surface area contributed by atoms with Crippen LogP contribution in [0.2, 0.25) is 0 Å². The molecule has 0 bridgehead atoms. The highest BCUT2D eigenvalue weighted by Gasteiger charge is 2.23. The van der Waals surface area contributed by atoms with Crippen LogP contribution in [0.25, 0.3) is 10.9 Å². The zero-order chi connectivity index (χ0) is 12.7. The third-order valence-electron chi connectivity index (χ3n) is 4.15. The van der Waals surface area contributed by atoms with E-state index in [2.05, 4.69) is 29.7 Å². The van der Waals surface area contributed by atoms with Crippen molar-refractivity contribution >= 4 is 16.7 Å². The van der Waals surface area contributed by atoms with Crippen LogP contribution in [-0.2, 0) is 7.05 Å². The van der Waals surface area contributed by atoms with Crippen molar-refractivity contribution in [2.24, 2.45) is 13.0 Å². The minimum Gasteiger partial charge on any atom is -0.350 e. The Kier molecular flexibility index (Phi) is 2.73. The van der Waals surface area contributed by atoms with Gasteiger partial charge >= 0.3 is 0 Å². The third-order valence-corrected chi connectivity index (χ3v) is 4.15. The van der Waals surface area contributed by atoms with Gasteiger partial charge in [-0.05, 0) is 24.5 Å². The van der Waals surface area contributed by atoms with Crippen LogP contribution in [0, 0.1) is 12.8 Å². The molecule has 2 aromatic rings. The third kappa shape index (κ3) is 1.86. The summed E-state index contributed by atoms with van der Waals surface area (Å²) in [5.74, 6) is 0.951. The first-order valence-electron chi connectivity index (χ1n) is 6.74. The SMILES string of the molecule is Cc1ccc2c(C(=O)CC3CCC3)cn(C)c2c1. The van der Waals surface area contributed by atoms with Gasteiger partial charge in [-0.1, -0.05) is 31.4 Å². The van der Waals surface area contributed by atoms with Crippen LogP contribution < -0.4 is 0 Å². The molecule has 0 radical (unpaired) electrons. The van der Waals surface area contributed by atoms with Crippen LogP contribution >= 0.6 is 0 Å². The quantitative estimate of drug-likeness (QED) is 0.748. The van der Waals surface area contributed by atoms with Crippen molar-refractivity contribution in [2.75, 3.05) is 0 Å². The van der Waals surface area contributed by atoms with Gasteiger partial charge < -0.3 is 4.57 Å². The number of aromatic nitrogens is 1. The Balaban J connectivity index is 1.98. The van der Waals surface area contributed by atoms with Gasteiger partial charge in [0.2, 0.25) is 0 Å².